The van der Waals surface area contributed by atoms with Crippen molar-refractivity contribution in [3.05, 3.63) is 41.0 Å². The van der Waals surface area contributed by atoms with E-state index in [0.717, 1.165) is 4.68 Å². The zero-order valence-electron chi connectivity index (χ0n) is 8.24. The molecule has 0 unspecified atom stereocenters. The summed E-state index contributed by atoms with van der Waals surface area (Å²) < 4.78 is 37.9. The molecule has 0 aliphatic carbocycles. The van der Waals surface area contributed by atoms with Crippen molar-refractivity contribution < 1.29 is 18.3 Å². The quantitative estimate of drug-likeness (QED) is 0.857. The van der Waals surface area contributed by atoms with E-state index in [1.165, 1.54) is 12.1 Å². The molecule has 0 saturated heterocycles. The Balaban J connectivity index is 2.55. The molecule has 17 heavy (non-hydrogen) atoms. The minimum atomic E-state index is -4.61. The molecule has 1 aromatic heterocycles. The molecule has 0 aliphatic rings. The molecule has 2 aromatic rings. The van der Waals surface area contributed by atoms with Crippen LogP contribution in [0.25, 0.3) is 5.69 Å². The number of halogens is 4. The highest BCUT2D eigenvalue weighted by molar-refractivity contribution is 6.32. The number of para-hydroxylation sites is 1. The van der Waals surface area contributed by atoms with Crippen LogP contribution >= 0.6 is 11.6 Å². The molecule has 0 radical (unpaired) electrons. The Bertz CT molecular complexity index is 551. The highest BCUT2D eigenvalue weighted by Gasteiger charge is 2.35. The first-order valence-electron chi connectivity index (χ1n) is 4.51. The average Bonchev–Trinajstić information content (AvgIpc) is 2.61. The fourth-order valence-corrected chi connectivity index (χ4v) is 1.53. The Hall–Kier alpha value is -1.69. The Morgan fingerprint density at radius 1 is 1.24 bits per heavy atom. The molecule has 0 aliphatic heterocycles. The maximum Gasteiger partial charge on any atom is 0.435 e. The summed E-state index contributed by atoms with van der Waals surface area (Å²) in [5.41, 5.74) is -0.989. The molecule has 1 N–H and O–H groups in total. The van der Waals surface area contributed by atoms with E-state index in [1.54, 1.807) is 12.1 Å². The third kappa shape index (κ3) is 2.21. The smallest absolute Gasteiger partial charge is 0.435 e. The Labute approximate surface area is 99.1 Å². The molecule has 0 saturated carbocycles. The summed E-state index contributed by atoms with van der Waals surface area (Å²) in [5.74, 6) is -0.620. The molecule has 0 spiro atoms. The SMILES string of the molecule is Oc1cc(C(F)(F)F)nn1-c1ccccc1Cl. The summed E-state index contributed by atoms with van der Waals surface area (Å²) in [6.45, 7) is 0. The third-order valence-corrected chi connectivity index (χ3v) is 2.38. The van der Waals surface area contributed by atoms with Crippen molar-refractivity contribution in [2.75, 3.05) is 0 Å². The summed E-state index contributed by atoms with van der Waals surface area (Å²) in [6.07, 6.45) is -4.61. The summed E-state index contributed by atoms with van der Waals surface area (Å²) in [6, 6.07) is 6.69. The summed E-state index contributed by atoms with van der Waals surface area (Å²) in [7, 11) is 0. The number of nitrogens with zero attached hydrogens (tertiary/aromatic N) is 2. The van der Waals surface area contributed by atoms with Crippen LogP contribution < -0.4 is 0 Å². The van der Waals surface area contributed by atoms with Gasteiger partial charge in [-0.15, -0.1) is 0 Å². The molecule has 0 atom stereocenters. The highest BCUT2D eigenvalue weighted by atomic mass is 35.5. The van der Waals surface area contributed by atoms with Gasteiger partial charge >= 0.3 is 6.18 Å². The minimum Gasteiger partial charge on any atom is -0.493 e. The van der Waals surface area contributed by atoms with Crippen molar-refractivity contribution in [3.8, 4) is 11.6 Å². The maximum absolute atomic E-state index is 12.4. The molecule has 1 aromatic carbocycles. The lowest BCUT2D eigenvalue weighted by Crippen LogP contribution is -2.07. The van der Waals surface area contributed by atoms with Gasteiger partial charge < -0.3 is 5.11 Å². The van der Waals surface area contributed by atoms with E-state index < -0.39 is 17.8 Å². The first kappa shape index (κ1) is 11.8. The van der Waals surface area contributed by atoms with Crippen molar-refractivity contribution >= 4 is 11.6 Å². The molecular formula is C10H6ClF3N2O. The number of hydrogen-bond donors (Lipinski definition) is 1. The predicted octanol–water partition coefficient (Wildman–Crippen LogP) is 3.25. The lowest BCUT2D eigenvalue weighted by Gasteiger charge is -2.05. The molecule has 0 bridgehead atoms. The molecular weight excluding hydrogens is 257 g/mol. The molecule has 0 fully saturated rings. The van der Waals surface area contributed by atoms with Gasteiger partial charge in [0.05, 0.1) is 10.7 Å². The van der Waals surface area contributed by atoms with Gasteiger partial charge in [0.2, 0.25) is 5.88 Å². The van der Waals surface area contributed by atoms with Crippen LogP contribution in [0.3, 0.4) is 0 Å². The van der Waals surface area contributed by atoms with Gasteiger partial charge in [-0.3, -0.25) is 0 Å². The van der Waals surface area contributed by atoms with Crippen LogP contribution in [0.1, 0.15) is 5.69 Å². The van der Waals surface area contributed by atoms with Crippen LogP contribution in [0.5, 0.6) is 5.88 Å². The highest BCUT2D eigenvalue weighted by Crippen LogP contribution is 2.32. The van der Waals surface area contributed by atoms with Crippen molar-refractivity contribution in [2.45, 2.75) is 6.18 Å². The van der Waals surface area contributed by atoms with E-state index in [4.69, 9.17) is 11.6 Å². The first-order chi connectivity index (χ1) is 7.89. The number of rotatable bonds is 1. The Morgan fingerprint density at radius 3 is 2.41 bits per heavy atom. The monoisotopic (exact) mass is 262 g/mol. The summed E-state index contributed by atoms with van der Waals surface area (Å²) in [5, 5.41) is 12.9. The number of aromatic nitrogens is 2. The zero-order chi connectivity index (χ0) is 12.6. The van der Waals surface area contributed by atoms with Crippen LogP contribution in [0.4, 0.5) is 13.2 Å². The van der Waals surface area contributed by atoms with Crippen molar-refractivity contribution in [1.29, 1.82) is 0 Å². The number of alkyl halides is 3. The standard InChI is InChI=1S/C10H6ClF3N2O/c11-6-3-1-2-4-7(6)16-9(17)5-8(15-16)10(12,13)14/h1-5,17H. The molecule has 1 heterocycles. The van der Waals surface area contributed by atoms with Gasteiger partial charge in [-0.1, -0.05) is 23.7 Å². The fraction of sp³-hybridized carbons (Fsp3) is 0.100. The van der Waals surface area contributed by atoms with Crippen molar-refractivity contribution in [2.24, 2.45) is 0 Å². The van der Waals surface area contributed by atoms with Crippen molar-refractivity contribution in [3.63, 3.8) is 0 Å². The van der Waals surface area contributed by atoms with Crippen LogP contribution in [0.2, 0.25) is 5.02 Å². The van der Waals surface area contributed by atoms with E-state index in [0.29, 0.717) is 6.07 Å². The Morgan fingerprint density at radius 2 is 1.88 bits per heavy atom. The van der Waals surface area contributed by atoms with Gasteiger partial charge in [-0.25, -0.2) is 0 Å². The van der Waals surface area contributed by atoms with Gasteiger partial charge in [0.1, 0.15) is 0 Å². The summed E-state index contributed by atoms with van der Waals surface area (Å²) in [4.78, 5) is 0. The number of benzene rings is 1. The average molecular weight is 263 g/mol. The van der Waals surface area contributed by atoms with E-state index in [1.807, 2.05) is 0 Å². The van der Waals surface area contributed by atoms with Gasteiger partial charge in [0.15, 0.2) is 5.69 Å². The second-order valence-corrected chi connectivity index (χ2v) is 3.66. The Kier molecular flexibility index (Phi) is 2.74. The minimum absolute atomic E-state index is 0.183. The van der Waals surface area contributed by atoms with Gasteiger partial charge in [0, 0.05) is 6.07 Å². The first-order valence-corrected chi connectivity index (χ1v) is 4.88. The van der Waals surface area contributed by atoms with Crippen LogP contribution in [0.15, 0.2) is 30.3 Å². The van der Waals surface area contributed by atoms with Crippen LogP contribution in [-0.4, -0.2) is 14.9 Å². The van der Waals surface area contributed by atoms with Gasteiger partial charge in [-0.2, -0.15) is 23.0 Å². The van der Waals surface area contributed by atoms with Crippen LogP contribution in [-0.2, 0) is 6.18 Å². The van der Waals surface area contributed by atoms with Crippen LogP contribution in [0, 0.1) is 0 Å². The topological polar surface area (TPSA) is 38.1 Å². The number of aromatic hydroxyl groups is 1. The van der Waals surface area contributed by atoms with E-state index >= 15 is 0 Å². The molecule has 0 amide bonds. The molecule has 90 valence electrons. The van der Waals surface area contributed by atoms with E-state index in [2.05, 4.69) is 5.10 Å². The molecule has 7 heteroatoms. The fourth-order valence-electron chi connectivity index (χ4n) is 1.31. The maximum atomic E-state index is 12.4. The van der Waals surface area contributed by atoms with E-state index in [9.17, 15) is 18.3 Å². The largest absolute Gasteiger partial charge is 0.493 e. The zero-order valence-corrected chi connectivity index (χ0v) is 9.00. The second-order valence-electron chi connectivity index (χ2n) is 3.25. The predicted molar refractivity (Wildman–Crippen MR) is 55.2 cm³/mol. The molecule has 2 rings (SSSR count). The number of hydrogen-bond acceptors (Lipinski definition) is 2. The van der Waals surface area contributed by atoms with Gasteiger partial charge in [0.25, 0.3) is 0 Å². The normalized spacial score (nSPS) is 11.8. The lowest BCUT2D eigenvalue weighted by molar-refractivity contribution is -0.141. The summed E-state index contributed by atoms with van der Waals surface area (Å²) >= 11 is 5.80. The lowest BCUT2D eigenvalue weighted by atomic mass is 10.3. The third-order valence-electron chi connectivity index (χ3n) is 2.06. The van der Waals surface area contributed by atoms with E-state index in [-0.39, 0.29) is 10.7 Å². The van der Waals surface area contributed by atoms with Crippen molar-refractivity contribution in [1.82, 2.24) is 9.78 Å². The second kappa shape index (κ2) is 3.96. The molecule has 3 nitrogen and oxygen atoms in total. The van der Waals surface area contributed by atoms with Gasteiger partial charge in [-0.05, 0) is 12.1 Å².